The molecule has 1 unspecified atom stereocenters. The highest BCUT2D eigenvalue weighted by atomic mass is 19.4. The number of nitrogens with zero attached hydrogens (tertiary/aromatic N) is 1. The molecule has 0 aromatic heterocycles. The van der Waals surface area contributed by atoms with Crippen LogP contribution in [-0.2, 0) is 6.18 Å². The molecule has 0 N–H and O–H groups in total. The molecule has 1 aromatic carbocycles. The predicted octanol–water partition coefficient (Wildman–Crippen LogP) is 3.68. The van der Waals surface area contributed by atoms with Crippen LogP contribution in [0.5, 0.6) is 0 Å². The summed E-state index contributed by atoms with van der Waals surface area (Å²) in [6.07, 6.45) is -4.59. The molecule has 1 rings (SSSR count). The number of carbonyl (C=O) groups is 1. The highest BCUT2D eigenvalue weighted by molar-refractivity contribution is 6.00. The summed E-state index contributed by atoms with van der Waals surface area (Å²) < 4.78 is 38.2. The average molecular weight is 255 g/mol. The number of benzene rings is 1. The molecule has 0 aliphatic heterocycles. The maximum absolute atomic E-state index is 12.7. The molecule has 0 amide bonds. The number of alkyl halides is 3. The maximum Gasteiger partial charge on any atom is 0.417 e. The zero-order valence-corrected chi connectivity index (χ0v) is 9.95. The first-order valence-corrected chi connectivity index (χ1v) is 5.39. The van der Waals surface area contributed by atoms with Gasteiger partial charge in [-0.3, -0.25) is 4.79 Å². The van der Waals surface area contributed by atoms with Crippen LogP contribution in [-0.4, -0.2) is 5.78 Å². The minimum Gasteiger partial charge on any atom is -0.293 e. The molecule has 2 nitrogen and oxygen atoms in total. The van der Waals surface area contributed by atoms with Crippen LogP contribution in [0, 0.1) is 23.2 Å². The van der Waals surface area contributed by atoms with Crippen LogP contribution in [0.3, 0.4) is 0 Å². The Morgan fingerprint density at radius 1 is 1.28 bits per heavy atom. The molecule has 1 aromatic rings. The standard InChI is InChI=1S/C13H12F3NO/c1-8(2)10(7-17)12(18)9-5-3-4-6-11(9)13(14,15)16/h3-6,8,10H,1-2H3. The van der Waals surface area contributed by atoms with E-state index >= 15 is 0 Å². The normalized spacial score (nSPS) is 13.2. The minimum atomic E-state index is -4.59. The molecule has 0 saturated carbocycles. The predicted molar refractivity (Wildman–Crippen MR) is 59.7 cm³/mol. The third-order valence-corrected chi connectivity index (χ3v) is 2.59. The third-order valence-electron chi connectivity index (χ3n) is 2.59. The van der Waals surface area contributed by atoms with Crippen molar-refractivity contribution in [1.82, 2.24) is 0 Å². The van der Waals surface area contributed by atoms with E-state index in [1.165, 1.54) is 12.1 Å². The molecule has 1 atom stereocenters. The summed E-state index contributed by atoms with van der Waals surface area (Å²) in [4.78, 5) is 12.0. The summed E-state index contributed by atoms with van der Waals surface area (Å²) in [5, 5.41) is 8.87. The highest BCUT2D eigenvalue weighted by Crippen LogP contribution is 2.33. The van der Waals surface area contributed by atoms with E-state index in [0.717, 1.165) is 12.1 Å². The average Bonchev–Trinajstić information content (AvgIpc) is 2.28. The molecule has 18 heavy (non-hydrogen) atoms. The first-order chi connectivity index (χ1) is 8.29. The Bertz CT molecular complexity index is 486. The summed E-state index contributed by atoms with van der Waals surface area (Å²) in [6, 6.07) is 6.30. The van der Waals surface area contributed by atoms with Crippen LogP contribution in [0.1, 0.15) is 29.8 Å². The lowest BCUT2D eigenvalue weighted by Gasteiger charge is -2.16. The molecule has 0 aliphatic rings. The molecule has 0 bridgehead atoms. The number of halogens is 3. The smallest absolute Gasteiger partial charge is 0.293 e. The summed E-state index contributed by atoms with van der Waals surface area (Å²) in [5.74, 6) is -2.17. The lowest BCUT2D eigenvalue weighted by atomic mass is 9.87. The van der Waals surface area contributed by atoms with Gasteiger partial charge in [0.25, 0.3) is 0 Å². The molecule has 5 heteroatoms. The number of ketones is 1. The van der Waals surface area contributed by atoms with Crippen molar-refractivity contribution < 1.29 is 18.0 Å². The second-order valence-electron chi connectivity index (χ2n) is 4.26. The number of carbonyl (C=O) groups excluding carboxylic acids is 1. The number of hydrogen-bond donors (Lipinski definition) is 0. The van der Waals surface area contributed by atoms with Gasteiger partial charge >= 0.3 is 6.18 Å². The lowest BCUT2D eigenvalue weighted by Crippen LogP contribution is -2.22. The van der Waals surface area contributed by atoms with Gasteiger partial charge in [-0.05, 0) is 12.0 Å². The van der Waals surface area contributed by atoms with Gasteiger partial charge in [0.1, 0.15) is 5.92 Å². The van der Waals surface area contributed by atoms with E-state index in [-0.39, 0.29) is 5.92 Å². The van der Waals surface area contributed by atoms with Gasteiger partial charge in [0.05, 0.1) is 11.6 Å². The van der Waals surface area contributed by atoms with E-state index in [1.54, 1.807) is 19.9 Å². The van der Waals surface area contributed by atoms with Gasteiger partial charge in [-0.25, -0.2) is 0 Å². The Labute approximate surface area is 103 Å². The van der Waals surface area contributed by atoms with E-state index in [0.29, 0.717) is 0 Å². The molecule has 0 fully saturated rings. The van der Waals surface area contributed by atoms with Crippen molar-refractivity contribution in [2.45, 2.75) is 20.0 Å². The zero-order valence-electron chi connectivity index (χ0n) is 9.95. The van der Waals surface area contributed by atoms with Crippen LogP contribution in [0.4, 0.5) is 13.2 Å². The quantitative estimate of drug-likeness (QED) is 0.773. The fourth-order valence-corrected chi connectivity index (χ4v) is 1.62. The number of nitriles is 1. The molecule has 0 radical (unpaired) electrons. The van der Waals surface area contributed by atoms with Gasteiger partial charge in [-0.15, -0.1) is 0 Å². The third kappa shape index (κ3) is 2.89. The maximum atomic E-state index is 12.7. The van der Waals surface area contributed by atoms with E-state index in [9.17, 15) is 18.0 Å². The van der Waals surface area contributed by atoms with Crippen molar-refractivity contribution in [1.29, 1.82) is 5.26 Å². The van der Waals surface area contributed by atoms with E-state index in [4.69, 9.17) is 5.26 Å². The van der Waals surface area contributed by atoms with Gasteiger partial charge in [0.15, 0.2) is 5.78 Å². The number of hydrogen-bond acceptors (Lipinski definition) is 2. The van der Waals surface area contributed by atoms with Crippen LogP contribution >= 0.6 is 0 Å². The van der Waals surface area contributed by atoms with E-state index in [1.807, 2.05) is 0 Å². The summed E-state index contributed by atoms with van der Waals surface area (Å²) in [6.45, 7) is 3.25. The summed E-state index contributed by atoms with van der Waals surface area (Å²) in [5.41, 5.74) is -1.43. The minimum absolute atomic E-state index is 0.330. The second kappa shape index (κ2) is 5.21. The van der Waals surface area contributed by atoms with Crippen molar-refractivity contribution in [3.8, 4) is 6.07 Å². The largest absolute Gasteiger partial charge is 0.417 e. The lowest BCUT2D eigenvalue weighted by molar-refractivity contribution is -0.137. The van der Waals surface area contributed by atoms with E-state index < -0.39 is 29.0 Å². The topological polar surface area (TPSA) is 40.9 Å². The Hall–Kier alpha value is -1.83. The highest BCUT2D eigenvalue weighted by Gasteiger charge is 2.36. The van der Waals surface area contributed by atoms with Crippen LogP contribution in [0.25, 0.3) is 0 Å². The summed E-state index contributed by atoms with van der Waals surface area (Å²) >= 11 is 0. The fourth-order valence-electron chi connectivity index (χ4n) is 1.62. The fraction of sp³-hybridized carbons (Fsp3) is 0.385. The van der Waals surface area contributed by atoms with Gasteiger partial charge in [-0.1, -0.05) is 32.0 Å². The van der Waals surface area contributed by atoms with Gasteiger partial charge in [0, 0.05) is 5.56 Å². The zero-order chi connectivity index (χ0) is 13.9. The Balaban J connectivity index is 3.27. The van der Waals surface area contributed by atoms with Crippen molar-refractivity contribution >= 4 is 5.78 Å². The first-order valence-electron chi connectivity index (χ1n) is 5.39. The second-order valence-corrected chi connectivity index (χ2v) is 4.26. The molecular weight excluding hydrogens is 243 g/mol. The van der Waals surface area contributed by atoms with Gasteiger partial charge in [-0.2, -0.15) is 18.4 Å². The first kappa shape index (κ1) is 14.2. The van der Waals surface area contributed by atoms with Crippen LogP contribution in [0.2, 0.25) is 0 Å². The number of Topliss-reactive ketones (excluding diaryl/α,β-unsaturated/α-hetero) is 1. The van der Waals surface area contributed by atoms with Crippen LogP contribution < -0.4 is 0 Å². The van der Waals surface area contributed by atoms with Crippen molar-refractivity contribution in [3.63, 3.8) is 0 Å². The molecule has 96 valence electrons. The van der Waals surface area contributed by atoms with Gasteiger partial charge < -0.3 is 0 Å². The Morgan fingerprint density at radius 3 is 2.28 bits per heavy atom. The van der Waals surface area contributed by atoms with Crippen molar-refractivity contribution in [2.24, 2.45) is 11.8 Å². The van der Waals surface area contributed by atoms with Gasteiger partial charge in [0.2, 0.25) is 0 Å². The molecule has 0 spiro atoms. The molecule has 0 aliphatic carbocycles. The number of rotatable bonds is 3. The summed E-state index contributed by atoms with van der Waals surface area (Å²) in [7, 11) is 0. The molecular formula is C13H12F3NO. The molecule has 0 heterocycles. The van der Waals surface area contributed by atoms with Crippen molar-refractivity contribution in [2.75, 3.05) is 0 Å². The van der Waals surface area contributed by atoms with Crippen LogP contribution in [0.15, 0.2) is 24.3 Å². The Kier molecular flexibility index (Phi) is 4.12. The van der Waals surface area contributed by atoms with Crippen molar-refractivity contribution in [3.05, 3.63) is 35.4 Å². The monoisotopic (exact) mass is 255 g/mol. The molecule has 0 saturated heterocycles. The Morgan fingerprint density at radius 2 is 1.83 bits per heavy atom. The van der Waals surface area contributed by atoms with E-state index in [2.05, 4.69) is 0 Å². The SMILES string of the molecule is CC(C)C(C#N)C(=O)c1ccccc1C(F)(F)F.